The van der Waals surface area contributed by atoms with Gasteiger partial charge in [0, 0.05) is 75.2 Å². The highest BCUT2D eigenvalue weighted by molar-refractivity contribution is 6.39. The number of para-hydroxylation sites is 8. The van der Waals surface area contributed by atoms with E-state index in [1.165, 1.54) is 16.3 Å². The lowest BCUT2D eigenvalue weighted by atomic mass is 9.85. The Kier molecular flexibility index (Phi) is 24.2. The molecule has 1 atom stereocenters. The molecule has 0 radical (unpaired) electrons. The molecule has 6 aliphatic rings. The van der Waals surface area contributed by atoms with Crippen molar-refractivity contribution in [3.05, 3.63) is 425 Å². The number of aryl methyl sites for hydroxylation is 2. The Balaban J connectivity index is 0.0000000977. The first-order chi connectivity index (χ1) is 68.5. The summed E-state index contributed by atoms with van der Waals surface area (Å²) in [4.78, 5) is 39.9. The lowest BCUT2D eigenvalue weighted by Gasteiger charge is -2.41. The van der Waals surface area contributed by atoms with Gasteiger partial charge in [0.1, 0.15) is 66.9 Å². The number of halogens is 4. The SMILES string of the molecule is C=C1C(Cl)=C2Nc3ccccc3OC2(O)c2ccccc21.C=c1c(Cl)c2c(c3ccccc13)=Nc1ccc(N)cc1O2.C=c1c(Cl)c2c(c3ccccc13)=Nc1ccccc1O2.C=c1cc2c(c3ccccc13)=Nc1ccc(N(CC)CC)cc1O2.C=c1ccc2c(c1)Oc1cc(O)ccc1N=2.Cc1c(Cl)c2nc3ccccc3nc2c2ccccc12.Cc1cc2nc3ccccc3nc2c2ccccc12. The maximum atomic E-state index is 11.1. The molecule has 7 heterocycles. The predicted octanol–water partition coefficient (Wildman–Crippen LogP) is 26.5. The van der Waals surface area contributed by atoms with Gasteiger partial charge in [-0.3, -0.25) is 0 Å². The molecule has 18 nitrogen and oxygen atoms in total. The van der Waals surface area contributed by atoms with Gasteiger partial charge >= 0.3 is 0 Å². The van der Waals surface area contributed by atoms with Crippen molar-refractivity contribution in [2.45, 2.75) is 33.5 Å². The largest absolute Gasteiger partial charge is 0.508 e. The maximum absolute atomic E-state index is 11.1. The number of nitrogens with zero attached hydrogens (tertiary/aromatic N) is 9. The number of phenolic OH excluding ortho intramolecular Hbond substituents is 1. The molecule has 27 rings (SSSR count). The topological polar surface area (TPSA) is 229 Å². The summed E-state index contributed by atoms with van der Waals surface area (Å²) in [6, 6.07) is 105. The fraction of sp³-hybridized carbons (Fsp3) is 0.0588. The number of nitrogen functional groups attached to an aromatic ring is 1. The van der Waals surface area contributed by atoms with E-state index < -0.39 is 5.79 Å². The van der Waals surface area contributed by atoms with Crippen molar-refractivity contribution in [2.24, 2.45) is 20.0 Å². The number of aromatic nitrogens is 4. The number of nitrogens with two attached hydrogens (primary N) is 1. The van der Waals surface area contributed by atoms with Crippen LogP contribution in [-0.4, -0.2) is 43.2 Å². The first-order valence-corrected chi connectivity index (χ1v) is 47.0. The fourth-order valence-electron chi connectivity index (χ4n) is 18.1. The van der Waals surface area contributed by atoms with Crippen LogP contribution in [0.1, 0.15) is 36.1 Å². The van der Waals surface area contributed by atoms with Gasteiger partial charge in [0.2, 0.25) is 0 Å². The number of anilines is 3. The van der Waals surface area contributed by atoms with Crippen molar-refractivity contribution >= 4 is 216 Å². The zero-order chi connectivity index (χ0) is 97.2. The third kappa shape index (κ3) is 17.0. The van der Waals surface area contributed by atoms with E-state index >= 15 is 0 Å². The first-order valence-electron chi connectivity index (χ1n) is 45.5. The Morgan fingerprint density at radius 1 is 0.383 bits per heavy atom. The van der Waals surface area contributed by atoms with Gasteiger partial charge in [0.05, 0.1) is 64.4 Å². The molecule has 21 aromatic rings. The van der Waals surface area contributed by atoms with Crippen LogP contribution in [0.4, 0.5) is 39.8 Å². The Bertz CT molecular complexity index is 9420. The smallest absolute Gasteiger partial charge is 0.279 e. The third-order valence-electron chi connectivity index (χ3n) is 25.2. The summed E-state index contributed by atoms with van der Waals surface area (Å²) >= 11 is 25.7. The lowest BCUT2D eigenvalue weighted by molar-refractivity contribution is -0.115. The van der Waals surface area contributed by atoms with Gasteiger partial charge in [0.25, 0.3) is 5.79 Å². The van der Waals surface area contributed by atoms with Crippen LogP contribution >= 0.6 is 46.4 Å². The summed E-state index contributed by atoms with van der Waals surface area (Å²) in [5, 5.41) is 43.1. The van der Waals surface area contributed by atoms with Gasteiger partial charge in [-0.05, 0) is 207 Å². The number of allylic oxidation sites excluding steroid dienone is 2. The van der Waals surface area contributed by atoms with Crippen molar-refractivity contribution in [2.75, 3.05) is 29.0 Å². The number of benzene rings is 19. The minimum atomic E-state index is -1.62. The molecule has 5 aliphatic heterocycles. The molecule has 22 heteroatoms. The second kappa shape index (κ2) is 37.6. The highest BCUT2D eigenvalue weighted by Crippen LogP contribution is 2.52. The minimum Gasteiger partial charge on any atom is -0.508 e. The van der Waals surface area contributed by atoms with E-state index in [9.17, 15) is 10.2 Å². The summed E-state index contributed by atoms with van der Waals surface area (Å²) in [6.07, 6.45) is 0. The first kappa shape index (κ1) is 90.6. The third-order valence-corrected chi connectivity index (χ3v) is 26.9. The predicted molar refractivity (Wildman–Crippen MR) is 574 cm³/mol. The maximum Gasteiger partial charge on any atom is 0.279 e. The number of aliphatic hydroxyl groups is 1. The van der Waals surface area contributed by atoms with E-state index in [4.69, 9.17) is 106 Å². The number of nitrogens with one attached hydrogen (secondary N) is 1. The number of rotatable bonds is 3. The van der Waals surface area contributed by atoms with E-state index in [0.717, 1.165) is 205 Å². The average Bonchev–Trinajstić information content (AvgIpc) is 0.710. The number of hydrogen-bond donors (Lipinski definition) is 4. The highest BCUT2D eigenvalue weighted by atomic mass is 35.5. The number of phenols is 1. The number of aromatic hydroxyl groups is 1. The zero-order valence-corrected chi connectivity index (χ0v) is 79.7. The quantitative estimate of drug-likeness (QED) is 0.0733. The van der Waals surface area contributed by atoms with Gasteiger partial charge in [-0.25, -0.2) is 39.9 Å². The molecule has 1 aliphatic carbocycles. The second-order valence-corrected chi connectivity index (χ2v) is 35.6. The van der Waals surface area contributed by atoms with E-state index in [0.29, 0.717) is 77.1 Å². The molecule has 19 aromatic carbocycles. The number of hydrogen-bond acceptors (Lipinski definition) is 18. The van der Waals surface area contributed by atoms with Crippen LogP contribution in [0.15, 0.2) is 365 Å². The molecule has 0 saturated heterocycles. The minimum absolute atomic E-state index is 0.170. The summed E-state index contributed by atoms with van der Waals surface area (Å²) in [7, 11) is 0. The summed E-state index contributed by atoms with van der Waals surface area (Å²) in [6.45, 7) is 30.5. The molecule has 141 heavy (non-hydrogen) atoms. The van der Waals surface area contributed by atoms with E-state index in [1.807, 2.05) is 231 Å². The Morgan fingerprint density at radius 3 is 1.52 bits per heavy atom. The fourth-order valence-corrected chi connectivity index (χ4v) is 19.1. The Hall–Kier alpha value is -16.8. The molecule has 0 amide bonds. The monoisotopic (exact) mass is 1920 g/mol. The molecule has 0 saturated carbocycles. The molecular weight excluding hydrogens is 1840 g/mol. The average molecular weight is 1920 g/mol. The normalized spacial score (nSPS) is 13.5. The van der Waals surface area contributed by atoms with Crippen molar-refractivity contribution in [1.29, 1.82) is 0 Å². The van der Waals surface area contributed by atoms with Crippen molar-refractivity contribution in [1.82, 2.24) is 19.9 Å². The van der Waals surface area contributed by atoms with Crippen molar-refractivity contribution < 1.29 is 33.9 Å². The van der Waals surface area contributed by atoms with Crippen LogP contribution in [0.25, 0.3) is 130 Å². The summed E-state index contributed by atoms with van der Waals surface area (Å²) in [5.41, 5.74) is 23.6. The van der Waals surface area contributed by atoms with Gasteiger partial charge in [-0.2, -0.15) is 0 Å². The van der Waals surface area contributed by atoms with Crippen LogP contribution in [-0.2, 0) is 5.79 Å². The Morgan fingerprint density at radius 2 is 0.865 bits per heavy atom. The summed E-state index contributed by atoms with van der Waals surface area (Å²) in [5.74, 6) is 4.42. The number of fused-ring (bicyclic) bond motifs is 26. The van der Waals surface area contributed by atoms with Crippen molar-refractivity contribution in [3.63, 3.8) is 0 Å². The van der Waals surface area contributed by atoms with E-state index in [-0.39, 0.29) is 5.75 Å². The van der Waals surface area contributed by atoms with Gasteiger partial charge in [0.15, 0.2) is 46.0 Å². The second-order valence-electron chi connectivity index (χ2n) is 34.1. The van der Waals surface area contributed by atoms with Crippen LogP contribution < -0.4 is 81.9 Å². The summed E-state index contributed by atoms with van der Waals surface area (Å²) < 4.78 is 29.6. The standard InChI is InChI=1S/C21H20N2O.C17H11ClN2O.C17H11ClN2.C17H12ClNO2.C17H10ClNO.C17H12N2.C13H9NO2/c1-4-23(5-2)15-10-11-18-19(13-15)24-20-12-14(3)16-8-6-7-9-17(16)21(20)22-18;1-9-11-4-2-3-5-12(11)16-17(15(9)18)21-14-8-10(19)6-7-13(14)20-16;1-10-11-6-2-3-7-12(11)16-17(15(10)18)20-14-9-5-4-8-13(14)19-16;1-10-11-6-2-3-7-12(11)17(20)16(15(10)18)19-13-8-4-5-9-14(13)21-17;1-10-11-6-2-3-7-12(11)16-17(15(10)18)20-14-9-5-4-8-13(14)19-16;1-11-10-16-17(13-7-3-2-6-12(11)13)19-15-9-5-4-8-14(15)18-16;1-8-2-4-10-12(6-8)16-13-7-9(15)3-5-11(13)14-10/h6-13H,3-5H2,1-2H3;2-8H,1,19H2;2-9H,1H3;2-9,19-20H,1H2;2-9H,1H2;2-10H,1H3;2-7,15H,1H2. The molecule has 5 N–H and O–H groups in total. The molecule has 0 fully saturated rings. The molecule has 2 aromatic heterocycles. The van der Waals surface area contributed by atoms with Crippen LogP contribution in [0.3, 0.4) is 0 Å². The van der Waals surface area contributed by atoms with Gasteiger partial charge in [-0.1, -0.05) is 279 Å². The van der Waals surface area contributed by atoms with Crippen LogP contribution in [0, 0.1) is 13.8 Å². The van der Waals surface area contributed by atoms with Crippen LogP contribution in [0.5, 0.6) is 57.5 Å². The van der Waals surface area contributed by atoms with E-state index in [1.54, 1.807) is 36.4 Å². The molecule has 686 valence electrons. The molecule has 0 spiro atoms. The van der Waals surface area contributed by atoms with E-state index in [2.05, 4.69) is 141 Å². The van der Waals surface area contributed by atoms with Gasteiger partial charge in [-0.15, -0.1) is 0 Å². The molecular formula is C119H85Cl4N11O7. The molecule has 1 unspecified atom stereocenters. The highest BCUT2D eigenvalue weighted by Gasteiger charge is 2.48. The number of ether oxygens (including phenoxy) is 5. The van der Waals surface area contributed by atoms with Crippen molar-refractivity contribution in [3.8, 4) is 57.5 Å². The Labute approximate surface area is 828 Å². The zero-order valence-electron chi connectivity index (χ0n) is 76.7. The lowest BCUT2D eigenvalue weighted by Crippen LogP contribution is -2.44. The van der Waals surface area contributed by atoms with Crippen LogP contribution in [0.2, 0.25) is 15.1 Å². The van der Waals surface area contributed by atoms with Gasteiger partial charge < -0.3 is 49.8 Å². The molecule has 0 bridgehead atoms.